The number of rotatable bonds is 4. The van der Waals surface area contributed by atoms with Gasteiger partial charge in [0.15, 0.2) is 0 Å². The molecule has 0 heterocycles. The van der Waals surface area contributed by atoms with Crippen molar-refractivity contribution in [2.75, 3.05) is 11.5 Å². The van der Waals surface area contributed by atoms with Crippen molar-refractivity contribution in [2.24, 2.45) is 0 Å². The van der Waals surface area contributed by atoms with Gasteiger partial charge in [-0.1, -0.05) is 62.4 Å². The van der Waals surface area contributed by atoms with Crippen LogP contribution in [0.2, 0.25) is 0 Å². The minimum atomic E-state index is 0.0939. The van der Waals surface area contributed by atoms with Crippen LogP contribution in [0.3, 0.4) is 0 Å². The summed E-state index contributed by atoms with van der Waals surface area (Å²) in [4.78, 5) is 0. The summed E-state index contributed by atoms with van der Waals surface area (Å²) < 4.78 is 0.0939. The van der Waals surface area contributed by atoms with E-state index in [2.05, 4.69) is 85.9 Å². The van der Waals surface area contributed by atoms with E-state index >= 15 is 0 Å². The second-order valence-corrected chi connectivity index (χ2v) is 7.79. The van der Waals surface area contributed by atoms with E-state index in [9.17, 15) is 0 Å². The normalized spacial score (nSPS) is 15.1. The molecule has 0 aromatic heterocycles. The minimum Gasteiger partial charge on any atom is -0.135 e. The Labute approximate surface area is 124 Å². The van der Waals surface area contributed by atoms with Crippen molar-refractivity contribution in [1.29, 1.82) is 0 Å². The average Bonchev–Trinajstić information content (AvgIpc) is 2.72. The highest BCUT2D eigenvalue weighted by Crippen LogP contribution is 2.60. The van der Waals surface area contributed by atoms with Crippen LogP contribution in [-0.2, 0) is 4.08 Å². The van der Waals surface area contributed by atoms with E-state index in [4.69, 9.17) is 0 Å². The minimum absolute atomic E-state index is 0.0939. The Bertz CT molecular complexity index is 536. The van der Waals surface area contributed by atoms with Gasteiger partial charge in [-0.3, -0.25) is 0 Å². The molecule has 0 aliphatic heterocycles. The van der Waals surface area contributed by atoms with Gasteiger partial charge in [-0.25, -0.2) is 0 Å². The molecule has 19 heavy (non-hydrogen) atoms. The van der Waals surface area contributed by atoms with Crippen molar-refractivity contribution < 1.29 is 0 Å². The number of fused-ring (bicyclic) bond motifs is 3. The molecular weight excluding hydrogens is 268 g/mol. The van der Waals surface area contributed by atoms with Gasteiger partial charge in [-0.15, -0.1) is 23.5 Å². The fourth-order valence-corrected chi connectivity index (χ4v) is 6.10. The first-order chi connectivity index (χ1) is 9.33. The number of hydrogen-bond donors (Lipinski definition) is 0. The molecule has 0 N–H and O–H groups in total. The van der Waals surface area contributed by atoms with E-state index in [1.165, 1.54) is 22.3 Å². The molecule has 0 radical (unpaired) electrons. The third kappa shape index (κ3) is 1.93. The molecule has 0 spiro atoms. The molecule has 0 unspecified atom stereocenters. The first-order valence-electron chi connectivity index (χ1n) is 6.80. The Morgan fingerprint density at radius 3 is 1.58 bits per heavy atom. The van der Waals surface area contributed by atoms with Crippen molar-refractivity contribution in [3.05, 3.63) is 59.7 Å². The lowest BCUT2D eigenvalue weighted by Crippen LogP contribution is -2.17. The second-order valence-electron chi connectivity index (χ2n) is 4.57. The monoisotopic (exact) mass is 286 g/mol. The van der Waals surface area contributed by atoms with E-state index in [0.717, 1.165) is 11.5 Å². The fraction of sp³-hybridized carbons (Fsp3) is 0.294. The summed E-state index contributed by atoms with van der Waals surface area (Å²) >= 11 is 4.12. The van der Waals surface area contributed by atoms with E-state index in [1.54, 1.807) is 0 Å². The SMILES string of the molecule is CCSC1(SCC)c2ccccc2-c2ccccc21. The molecule has 2 aromatic carbocycles. The summed E-state index contributed by atoms with van der Waals surface area (Å²) in [5.74, 6) is 2.27. The first-order valence-corrected chi connectivity index (χ1v) is 8.78. The van der Waals surface area contributed by atoms with Crippen LogP contribution in [0.15, 0.2) is 48.5 Å². The molecule has 0 saturated heterocycles. The van der Waals surface area contributed by atoms with Crippen molar-refractivity contribution >= 4 is 23.5 Å². The molecule has 0 fully saturated rings. The van der Waals surface area contributed by atoms with E-state index in [0.29, 0.717) is 0 Å². The largest absolute Gasteiger partial charge is 0.135 e. The highest BCUT2D eigenvalue weighted by molar-refractivity contribution is 8.17. The van der Waals surface area contributed by atoms with Gasteiger partial charge >= 0.3 is 0 Å². The molecule has 0 bridgehead atoms. The smallest absolute Gasteiger partial charge is 0.112 e. The first kappa shape index (κ1) is 13.1. The zero-order valence-corrected chi connectivity index (χ0v) is 13.0. The molecule has 0 atom stereocenters. The van der Waals surface area contributed by atoms with Gasteiger partial charge in [0.25, 0.3) is 0 Å². The molecule has 1 aliphatic carbocycles. The van der Waals surface area contributed by atoms with Crippen LogP contribution in [0, 0.1) is 0 Å². The Kier molecular flexibility index (Phi) is 3.64. The van der Waals surface area contributed by atoms with Crippen LogP contribution in [0.5, 0.6) is 0 Å². The Balaban J connectivity index is 2.28. The van der Waals surface area contributed by atoms with Crippen molar-refractivity contribution in [3.8, 4) is 11.1 Å². The lowest BCUT2D eigenvalue weighted by Gasteiger charge is -2.30. The zero-order chi connectivity index (χ0) is 13.3. The van der Waals surface area contributed by atoms with E-state index in [1.807, 2.05) is 0 Å². The highest BCUT2D eigenvalue weighted by Gasteiger charge is 2.43. The van der Waals surface area contributed by atoms with Gasteiger partial charge in [0.1, 0.15) is 4.08 Å². The molecule has 0 saturated carbocycles. The molecule has 0 nitrogen and oxygen atoms in total. The lowest BCUT2D eigenvalue weighted by atomic mass is 10.1. The van der Waals surface area contributed by atoms with Gasteiger partial charge in [0, 0.05) is 0 Å². The number of hydrogen-bond acceptors (Lipinski definition) is 2. The standard InChI is InChI=1S/C17H18S2/c1-3-18-17(19-4-2)15-11-7-5-9-13(15)14-10-6-8-12-16(14)17/h5-12H,3-4H2,1-2H3. The summed E-state index contributed by atoms with van der Waals surface area (Å²) in [6, 6.07) is 17.8. The van der Waals surface area contributed by atoms with Gasteiger partial charge in [0.2, 0.25) is 0 Å². The predicted octanol–water partition coefficient (Wildman–Crippen LogP) is 5.37. The maximum absolute atomic E-state index is 2.31. The molecule has 2 aromatic rings. The summed E-state index contributed by atoms with van der Waals surface area (Å²) in [5.41, 5.74) is 5.80. The fourth-order valence-electron chi connectivity index (χ4n) is 2.91. The van der Waals surface area contributed by atoms with Crippen LogP contribution in [0.4, 0.5) is 0 Å². The highest BCUT2D eigenvalue weighted by atomic mass is 32.2. The average molecular weight is 286 g/mol. The molecule has 3 rings (SSSR count). The van der Waals surface area contributed by atoms with Crippen LogP contribution >= 0.6 is 23.5 Å². The lowest BCUT2D eigenvalue weighted by molar-refractivity contribution is 1.12. The van der Waals surface area contributed by atoms with Gasteiger partial charge in [0.05, 0.1) is 0 Å². The van der Waals surface area contributed by atoms with Crippen molar-refractivity contribution in [3.63, 3.8) is 0 Å². The maximum Gasteiger partial charge on any atom is 0.112 e. The number of thioether (sulfide) groups is 2. The summed E-state index contributed by atoms with van der Waals surface area (Å²) in [6.45, 7) is 4.51. The Hall–Kier alpha value is -0.860. The Morgan fingerprint density at radius 2 is 1.16 bits per heavy atom. The molecule has 0 amide bonds. The summed E-state index contributed by atoms with van der Waals surface area (Å²) in [7, 11) is 0. The quantitative estimate of drug-likeness (QED) is 0.693. The topological polar surface area (TPSA) is 0 Å². The zero-order valence-electron chi connectivity index (χ0n) is 11.3. The third-order valence-electron chi connectivity index (χ3n) is 3.55. The Morgan fingerprint density at radius 1 is 0.737 bits per heavy atom. The summed E-state index contributed by atoms with van der Waals surface area (Å²) in [5, 5.41) is 0. The molecule has 98 valence electrons. The van der Waals surface area contributed by atoms with Crippen LogP contribution in [0.1, 0.15) is 25.0 Å². The molecule has 1 aliphatic rings. The summed E-state index contributed by atoms with van der Waals surface area (Å²) in [6.07, 6.45) is 0. The molecule has 2 heteroatoms. The van der Waals surface area contributed by atoms with Crippen LogP contribution in [-0.4, -0.2) is 11.5 Å². The molecular formula is C17H18S2. The van der Waals surface area contributed by atoms with Crippen molar-refractivity contribution in [1.82, 2.24) is 0 Å². The van der Waals surface area contributed by atoms with E-state index < -0.39 is 0 Å². The van der Waals surface area contributed by atoms with Crippen LogP contribution in [0.25, 0.3) is 11.1 Å². The van der Waals surface area contributed by atoms with Gasteiger partial charge in [-0.05, 0) is 33.8 Å². The third-order valence-corrected chi connectivity index (χ3v) is 6.53. The maximum atomic E-state index is 2.31. The van der Waals surface area contributed by atoms with Crippen molar-refractivity contribution in [2.45, 2.75) is 17.9 Å². The predicted molar refractivity (Wildman–Crippen MR) is 88.9 cm³/mol. The van der Waals surface area contributed by atoms with Gasteiger partial charge in [-0.2, -0.15) is 0 Å². The second kappa shape index (κ2) is 5.26. The van der Waals surface area contributed by atoms with E-state index in [-0.39, 0.29) is 4.08 Å². The number of benzene rings is 2. The van der Waals surface area contributed by atoms with Crippen LogP contribution < -0.4 is 0 Å². The van der Waals surface area contributed by atoms with Gasteiger partial charge < -0.3 is 0 Å².